The average molecular weight is 234 g/mol. The van der Waals surface area contributed by atoms with E-state index in [0.717, 1.165) is 38.6 Å². The van der Waals surface area contributed by atoms with E-state index in [1.807, 2.05) is 0 Å². The summed E-state index contributed by atoms with van der Waals surface area (Å²) in [6, 6.07) is 3.01. The van der Waals surface area contributed by atoms with E-state index >= 15 is 0 Å². The van der Waals surface area contributed by atoms with E-state index in [9.17, 15) is 0 Å². The van der Waals surface area contributed by atoms with Crippen LogP contribution < -0.4 is 5.32 Å². The van der Waals surface area contributed by atoms with E-state index in [2.05, 4.69) is 33.0 Å². The molecule has 0 saturated carbocycles. The fourth-order valence-electron chi connectivity index (χ4n) is 2.98. The van der Waals surface area contributed by atoms with E-state index in [1.165, 1.54) is 30.8 Å². The molecule has 0 amide bonds. The Bertz CT molecular complexity index is 379. The molecule has 4 heteroatoms. The van der Waals surface area contributed by atoms with Crippen molar-refractivity contribution in [2.75, 3.05) is 19.6 Å². The van der Waals surface area contributed by atoms with E-state index in [-0.39, 0.29) is 0 Å². The fourth-order valence-corrected chi connectivity index (χ4v) is 2.98. The summed E-state index contributed by atoms with van der Waals surface area (Å²) >= 11 is 0. The van der Waals surface area contributed by atoms with Crippen LogP contribution in [0.2, 0.25) is 0 Å². The summed E-state index contributed by atoms with van der Waals surface area (Å²) in [5.74, 6) is 0. The van der Waals surface area contributed by atoms with Crippen molar-refractivity contribution in [1.82, 2.24) is 20.0 Å². The van der Waals surface area contributed by atoms with E-state index in [4.69, 9.17) is 0 Å². The van der Waals surface area contributed by atoms with Gasteiger partial charge in [0.05, 0.1) is 17.9 Å². The Morgan fingerprint density at radius 3 is 3.18 bits per heavy atom. The van der Waals surface area contributed by atoms with Gasteiger partial charge in [-0.05, 0) is 31.9 Å². The zero-order chi connectivity index (χ0) is 11.7. The second kappa shape index (κ2) is 4.78. The van der Waals surface area contributed by atoms with Gasteiger partial charge in [0.2, 0.25) is 0 Å². The van der Waals surface area contributed by atoms with Crippen molar-refractivity contribution in [3.63, 3.8) is 0 Å². The minimum Gasteiger partial charge on any atom is -0.315 e. The van der Waals surface area contributed by atoms with Gasteiger partial charge in [-0.2, -0.15) is 5.10 Å². The first-order valence-corrected chi connectivity index (χ1v) is 6.87. The van der Waals surface area contributed by atoms with Gasteiger partial charge in [0, 0.05) is 25.7 Å². The fraction of sp³-hybridized carbons (Fsp3) is 0.769. The van der Waals surface area contributed by atoms with Crippen LogP contribution in [0.5, 0.6) is 0 Å². The number of hydrogen-bond acceptors (Lipinski definition) is 3. The summed E-state index contributed by atoms with van der Waals surface area (Å²) in [5.41, 5.74) is 2.64. The lowest BCUT2D eigenvalue weighted by atomic mass is 10.0. The van der Waals surface area contributed by atoms with E-state index < -0.39 is 0 Å². The van der Waals surface area contributed by atoms with Gasteiger partial charge in [-0.3, -0.25) is 9.58 Å². The highest BCUT2D eigenvalue weighted by Gasteiger charge is 2.25. The second-order valence-corrected chi connectivity index (χ2v) is 5.17. The Morgan fingerprint density at radius 2 is 2.41 bits per heavy atom. The number of aryl methyl sites for hydroxylation is 1. The van der Waals surface area contributed by atoms with Crippen molar-refractivity contribution < 1.29 is 0 Å². The number of fused-ring (bicyclic) bond motifs is 1. The van der Waals surface area contributed by atoms with Gasteiger partial charge < -0.3 is 5.32 Å². The lowest BCUT2D eigenvalue weighted by Crippen LogP contribution is -2.48. The molecule has 4 nitrogen and oxygen atoms in total. The number of rotatable bonds is 2. The summed E-state index contributed by atoms with van der Waals surface area (Å²) in [6.45, 7) is 7.84. The van der Waals surface area contributed by atoms with Crippen molar-refractivity contribution >= 4 is 0 Å². The maximum Gasteiger partial charge on any atom is 0.0625 e. The van der Waals surface area contributed by atoms with Crippen LogP contribution in [0, 0.1) is 0 Å². The predicted molar refractivity (Wildman–Crippen MR) is 67.9 cm³/mol. The predicted octanol–water partition coefficient (Wildman–Crippen LogP) is 1.01. The molecule has 17 heavy (non-hydrogen) atoms. The maximum atomic E-state index is 4.62. The van der Waals surface area contributed by atoms with E-state index in [0.29, 0.717) is 0 Å². The summed E-state index contributed by atoms with van der Waals surface area (Å²) in [4.78, 5) is 2.63. The van der Waals surface area contributed by atoms with Crippen LogP contribution in [0.3, 0.4) is 0 Å². The molecule has 3 heterocycles. The van der Waals surface area contributed by atoms with Gasteiger partial charge in [0.25, 0.3) is 0 Å². The van der Waals surface area contributed by atoms with E-state index in [1.54, 1.807) is 0 Å². The first kappa shape index (κ1) is 11.2. The smallest absolute Gasteiger partial charge is 0.0625 e. The van der Waals surface area contributed by atoms with Gasteiger partial charge in [-0.1, -0.05) is 6.92 Å². The summed E-state index contributed by atoms with van der Waals surface area (Å²) < 4.78 is 2.20. The van der Waals surface area contributed by atoms with Crippen molar-refractivity contribution in [3.8, 4) is 0 Å². The zero-order valence-corrected chi connectivity index (χ0v) is 10.7. The molecule has 1 atom stereocenters. The highest BCUT2D eigenvalue weighted by Crippen LogP contribution is 2.19. The van der Waals surface area contributed by atoms with Crippen LogP contribution in [0.4, 0.5) is 0 Å². The van der Waals surface area contributed by atoms with Crippen molar-refractivity contribution in [1.29, 1.82) is 0 Å². The Balaban J connectivity index is 1.70. The minimum absolute atomic E-state index is 0.734. The molecule has 2 aliphatic rings. The van der Waals surface area contributed by atoms with Crippen LogP contribution in [0.15, 0.2) is 6.07 Å². The highest BCUT2D eigenvalue weighted by atomic mass is 15.3. The summed E-state index contributed by atoms with van der Waals surface area (Å²) in [6.07, 6.45) is 3.72. The van der Waals surface area contributed by atoms with Crippen LogP contribution in [-0.4, -0.2) is 40.4 Å². The van der Waals surface area contributed by atoms with Crippen molar-refractivity contribution in [2.45, 2.75) is 45.3 Å². The summed E-state index contributed by atoms with van der Waals surface area (Å²) in [5, 5.41) is 8.13. The van der Waals surface area contributed by atoms with Gasteiger partial charge in [-0.15, -0.1) is 0 Å². The van der Waals surface area contributed by atoms with Crippen LogP contribution in [-0.2, 0) is 19.5 Å². The van der Waals surface area contributed by atoms with Gasteiger partial charge in [0.15, 0.2) is 0 Å². The third-order valence-electron chi connectivity index (χ3n) is 4.03. The van der Waals surface area contributed by atoms with Crippen molar-refractivity contribution in [2.24, 2.45) is 0 Å². The molecular weight excluding hydrogens is 212 g/mol. The molecule has 1 N–H and O–H groups in total. The monoisotopic (exact) mass is 234 g/mol. The Morgan fingerprint density at radius 1 is 1.47 bits per heavy atom. The third kappa shape index (κ3) is 2.24. The van der Waals surface area contributed by atoms with Gasteiger partial charge in [0.1, 0.15) is 0 Å². The normalized spacial score (nSPS) is 25.8. The highest BCUT2D eigenvalue weighted by molar-refractivity contribution is 5.12. The first-order valence-electron chi connectivity index (χ1n) is 6.87. The maximum absolute atomic E-state index is 4.62. The van der Waals surface area contributed by atoms with Gasteiger partial charge >= 0.3 is 0 Å². The van der Waals surface area contributed by atoms with Crippen LogP contribution in [0.1, 0.15) is 31.2 Å². The quantitative estimate of drug-likeness (QED) is 0.829. The number of hydrogen-bond donors (Lipinski definition) is 1. The molecule has 3 rings (SSSR count). The first-order chi connectivity index (χ1) is 8.36. The minimum atomic E-state index is 0.734. The zero-order valence-electron chi connectivity index (χ0n) is 10.7. The number of nitrogens with one attached hydrogen (secondary N) is 1. The third-order valence-corrected chi connectivity index (χ3v) is 4.03. The molecule has 1 aromatic heterocycles. The lowest BCUT2D eigenvalue weighted by molar-refractivity contribution is 0.128. The standard InChI is InChI=1S/C13H22N4/c1-2-11-8-13-10-16(6-7-17(13)15-11)12-4-3-5-14-9-12/h8,12,14H,2-7,9-10H2,1H3. The lowest BCUT2D eigenvalue weighted by Gasteiger charge is -2.37. The average Bonchev–Trinajstić information content (AvgIpc) is 2.81. The molecule has 0 spiro atoms. The molecule has 0 bridgehead atoms. The number of aromatic nitrogens is 2. The molecule has 1 saturated heterocycles. The molecule has 0 aromatic carbocycles. The van der Waals surface area contributed by atoms with Crippen LogP contribution in [0.25, 0.3) is 0 Å². The molecule has 1 fully saturated rings. The van der Waals surface area contributed by atoms with Crippen LogP contribution >= 0.6 is 0 Å². The molecule has 2 aliphatic heterocycles. The Hall–Kier alpha value is -0.870. The summed E-state index contributed by atoms with van der Waals surface area (Å²) in [7, 11) is 0. The molecule has 1 unspecified atom stereocenters. The largest absolute Gasteiger partial charge is 0.315 e. The van der Waals surface area contributed by atoms with Gasteiger partial charge in [-0.25, -0.2) is 0 Å². The second-order valence-electron chi connectivity index (χ2n) is 5.17. The molecular formula is C13H22N4. The number of piperidine rings is 1. The Kier molecular flexibility index (Phi) is 3.16. The molecule has 0 aliphatic carbocycles. The topological polar surface area (TPSA) is 33.1 Å². The van der Waals surface area contributed by atoms with Crippen molar-refractivity contribution in [3.05, 3.63) is 17.5 Å². The Labute approximate surface area is 103 Å². The molecule has 1 aromatic rings. The molecule has 0 radical (unpaired) electrons. The number of nitrogens with zero attached hydrogens (tertiary/aromatic N) is 3. The SMILES string of the molecule is CCc1cc2n(n1)CCN(C1CCCNC1)C2. The molecule has 94 valence electrons.